The number of fused-ring (bicyclic) bond motifs is 1. The first kappa shape index (κ1) is 9.68. The lowest BCUT2D eigenvalue weighted by Gasteiger charge is -2.04. The highest BCUT2D eigenvalue weighted by molar-refractivity contribution is 7.73. The molecule has 0 aliphatic heterocycles. The third-order valence-electron chi connectivity index (χ3n) is 1.88. The van der Waals surface area contributed by atoms with Crippen molar-refractivity contribution in [1.29, 1.82) is 0 Å². The molecule has 2 rings (SSSR count). The molecule has 1 heterocycles. The van der Waals surface area contributed by atoms with Crippen LogP contribution in [-0.4, -0.2) is 11.6 Å². The van der Waals surface area contributed by atoms with Crippen molar-refractivity contribution < 1.29 is 4.74 Å². The van der Waals surface area contributed by atoms with Crippen molar-refractivity contribution in [2.75, 3.05) is 6.61 Å². The maximum Gasteiger partial charge on any atom is 0.159 e. The molecule has 1 aromatic heterocycles. The van der Waals surface area contributed by atoms with Crippen molar-refractivity contribution in [2.24, 2.45) is 0 Å². The van der Waals surface area contributed by atoms with Crippen molar-refractivity contribution in [3.05, 3.63) is 22.2 Å². The highest BCUT2D eigenvalue weighted by Crippen LogP contribution is 2.27. The molecule has 74 valence electrons. The minimum atomic E-state index is 0.746. The highest BCUT2D eigenvalue weighted by atomic mass is 32.1. The fourth-order valence-corrected chi connectivity index (χ4v) is 2.40. The number of nitrogens with one attached hydrogen (secondary N) is 1. The highest BCUT2D eigenvalue weighted by Gasteiger charge is 2.03. The molecule has 0 amide bonds. The number of benzene rings is 1. The Morgan fingerprint density at radius 3 is 3.14 bits per heavy atom. The van der Waals surface area contributed by atoms with Gasteiger partial charge < -0.3 is 9.72 Å². The van der Waals surface area contributed by atoms with Gasteiger partial charge in [-0.05, 0) is 30.8 Å². The quantitative estimate of drug-likeness (QED) is 0.805. The first-order chi connectivity index (χ1) is 6.81. The molecule has 4 heteroatoms. The van der Waals surface area contributed by atoms with E-state index in [1.54, 1.807) is 11.3 Å². The molecule has 2 nitrogen and oxygen atoms in total. The normalized spacial score (nSPS) is 10.6. The first-order valence-corrected chi connectivity index (χ1v) is 5.78. The monoisotopic (exact) mass is 225 g/mol. The standard InChI is InChI=1S/C10H11NOS2/c1-2-6-12-7-4-3-5-8-9(7)11-10(13)14-8/h3-5H,2,6H2,1H3,(H,11,13). The van der Waals surface area contributed by atoms with Crippen LogP contribution in [0.25, 0.3) is 10.2 Å². The van der Waals surface area contributed by atoms with Crippen molar-refractivity contribution in [3.8, 4) is 5.75 Å². The third kappa shape index (κ3) is 1.81. The van der Waals surface area contributed by atoms with Crippen LogP contribution in [0.3, 0.4) is 0 Å². The van der Waals surface area contributed by atoms with E-state index in [4.69, 9.17) is 17.0 Å². The van der Waals surface area contributed by atoms with E-state index in [0.29, 0.717) is 0 Å². The van der Waals surface area contributed by atoms with Crippen LogP contribution in [0.15, 0.2) is 18.2 Å². The summed E-state index contributed by atoms with van der Waals surface area (Å²) in [4.78, 5) is 3.14. The van der Waals surface area contributed by atoms with E-state index in [-0.39, 0.29) is 0 Å². The zero-order chi connectivity index (χ0) is 9.97. The molecule has 0 saturated carbocycles. The summed E-state index contributed by atoms with van der Waals surface area (Å²) in [7, 11) is 0. The predicted octanol–water partition coefficient (Wildman–Crippen LogP) is 3.75. The molecule has 0 unspecified atom stereocenters. The lowest BCUT2D eigenvalue weighted by molar-refractivity contribution is 0.320. The Bertz CT molecular complexity index is 486. The molecule has 14 heavy (non-hydrogen) atoms. The van der Waals surface area contributed by atoms with E-state index in [9.17, 15) is 0 Å². The van der Waals surface area contributed by atoms with E-state index >= 15 is 0 Å². The van der Waals surface area contributed by atoms with Crippen LogP contribution < -0.4 is 4.74 Å². The molecule has 0 saturated heterocycles. The Morgan fingerprint density at radius 1 is 1.50 bits per heavy atom. The lowest BCUT2D eigenvalue weighted by atomic mass is 10.3. The molecule has 0 bridgehead atoms. The molecule has 0 aliphatic rings. The molecular formula is C10H11NOS2. The van der Waals surface area contributed by atoms with Crippen molar-refractivity contribution >= 4 is 33.8 Å². The summed E-state index contributed by atoms with van der Waals surface area (Å²) in [6.45, 7) is 2.84. The summed E-state index contributed by atoms with van der Waals surface area (Å²) < 4.78 is 7.57. The second kappa shape index (κ2) is 4.11. The number of para-hydroxylation sites is 1. The number of hydrogen-bond acceptors (Lipinski definition) is 3. The maximum atomic E-state index is 5.61. The maximum absolute atomic E-state index is 5.61. The molecular weight excluding hydrogens is 214 g/mol. The number of hydrogen-bond donors (Lipinski definition) is 1. The zero-order valence-electron chi connectivity index (χ0n) is 7.87. The number of rotatable bonds is 3. The molecule has 0 fully saturated rings. The van der Waals surface area contributed by atoms with Gasteiger partial charge in [-0.15, -0.1) is 11.3 Å². The van der Waals surface area contributed by atoms with E-state index in [1.165, 1.54) is 0 Å². The smallest absolute Gasteiger partial charge is 0.159 e. The van der Waals surface area contributed by atoms with Crippen molar-refractivity contribution in [2.45, 2.75) is 13.3 Å². The van der Waals surface area contributed by atoms with Crippen LogP contribution in [0.5, 0.6) is 5.75 Å². The number of H-pyrrole nitrogens is 1. The summed E-state index contributed by atoms with van der Waals surface area (Å²) in [5.74, 6) is 0.900. The third-order valence-corrected chi connectivity index (χ3v) is 3.08. The van der Waals surface area contributed by atoms with Gasteiger partial charge in [0.25, 0.3) is 0 Å². The van der Waals surface area contributed by atoms with E-state index in [0.717, 1.165) is 32.9 Å². The Balaban J connectivity index is 2.47. The second-order valence-corrected chi connectivity index (χ2v) is 4.71. The molecule has 2 aromatic rings. The molecule has 1 N–H and O–H groups in total. The fourth-order valence-electron chi connectivity index (χ4n) is 1.28. The summed E-state index contributed by atoms with van der Waals surface area (Å²) in [5, 5.41) is 0. The molecule has 0 aliphatic carbocycles. The summed E-state index contributed by atoms with van der Waals surface area (Å²) >= 11 is 6.67. The van der Waals surface area contributed by atoms with Gasteiger partial charge in [-0.1, -0.05) is 13.0 Å². The van der Waals surface area contributed by atoms with Gasteiger partial charge in [-0.25, -0.2) is 0 Å². The topological polar surface area (TPSA) is 25.0 Å². The lowest BCUT2D eigenvalue weighted by Crippen LogP contribution is -1.95. The van der Waals surface area contributed by atoms with E-state index in [1.807, 2.05) is 18.2 Å². The summed E-state index contributed by atoms with van der Waals surface area (Å²) in [5.41, 5.74) is 1.02. The SMILES string of the molecule is CCCOc1cccc2sc(=S)[nH]c12. The van der Waals surface area contributed by atoms with Crippen LogP contribution >= 0.6 is 23.6 Å². The number of aromatic amines is 1. The van der Waals surface area contributed by atoms with Gasteiger partial charge >= 0.3 is 0 Å². The van der Waals surface area contributed by atoms with Crippen LogP contribution in [0.1, 0.15) is 13.3 Å². The Kier molecular flexibility index (Phi) is 2.84. The summed E-state index contributed by atoms with van der Waals surface area (Å²) in [6, 6.07) is 6.01. The second-order valence-electron chi connectivity index (χ2n) is 2.99. The van der Waals surface area contributed by atoms with Gasteiger partial charge in [0.05, 0.1) is 16.8 Å². The molecule has 1 aromatic carbocycles. The first-order valence-electron chi connectivity index (χ1n) is 4.56. The minimum absolute atomic E-state index is 0.746. The van der Waals surface area contributed by atoms with Crippen LogP contribution in [-0.2, 0) is 0 Å². The number of aromatic nitrogens is 1. The fraction of sp³-hybridized carbons (Fsp3) is 0.300. The van der Waals surface area contributed by atoms with E-state index < -0.39 is 0 Å². The van der Waals surface area contributed by atoms with Gasteiger partial charge in [0.2, 0.25) is 0 Å². The van der Waals surface area contributed by atoms with Gasteiger partial charge in [0, 0.05) is 0 Å². The van der Waals surface area contributed by atoms with Crippen LogP contribution in [0, 0.1) is 3.95 Å². The number of ether oxygens (including phenoxy) is 1. The Morgan fingerprint density at radius 2 is 2.36 bits per heavy atom. The predicted molar refractivity (Wildman–Crippen MR) is 62.8 cm³/mol. The van der Waals surface area contributed by atoms with Gasteiger partial charge in [0.15, 0.2) is 3.95 Å². The average Bonchev–Trinajstić information content (AvgIpc) is 2.55. The Labute approximate surface area is 91.5 Å². The minimum Gasteiger partial charge on any atom is -0.491 e. The molecule has 0 radical (unpaired) electrons. The largest absolute Gasteiger partial charge is 0.491 e. The van der Waals surface area contributed by atoms with Gasteiger partial charge in [-0.2, -0.15) is 0 Å². The van der Waals surface area contributed by atoms with Crippen LogP contribution in [0.4, 0.5) is 0 Å². The van der Waals surface area contributed by atoms with Crippen molar-refractivity contribution in [1.82, 2.24) is 4.98 Å². The average molecular weight is 225 g/mol. The van der Waals surface area contributed by atoms with Gasteiger partial charge in [0.1, 0.15) is 5.75 Å². The molecule has 0 spiro atoms. The number of thiazole rings is 1. The zero-order valence-corrected chi connectivity index (χ0v) is 9.50. The summed E-state index contributed by atoms with van der Waals surface area (Å²) in [6.07, 6.45) is 1.02. The van der Waals surface area contributed by atoms with Gasteiger partial charge in [-0.3, -0.25) is 0 Å². The van der Waals surface area contributed by atoms with Crippen LogP contribution in [0.2, 0.25) is 0 Å². The molecule has 0 atom stereocenters. The Hall–Kier alpha value is -0.870. The van der Waals surface area contributed by atoms with Crippen molar-refractivity contribution in [3.63, 3.8) is 0 Å². The van der Waals surface area contributed by atoms with E-state index in [2.05, 4.69) is 11.9 Å².